The summed E-state index contributed by atoms with van der Waals surface area (Å²) in [6.07, 6.45) is 5.22. The van der Waals surface area contributed by atoms with Gasteiger partial charge in [0.05, 0.1) is 11.9 Å². The Morgan fingerprint density at radius 2 is 1.81 bits per heavy atom. The SMILES string of the molecule is O=C(Nc1cc(-n2cccc2)ccc1F)c1cnc(-c2ccccc2)s1. The fourth-order valence-corrected chi connectivity index (χ4v) is 3.37. The maximum Gasteiger partial charge on any atom is 0.267 e. The summed E-state index contributed by atoms with van der Waals surface area (Å²) < 4.78 is 16.0. The van der Waals surface area contributed by atoms with E-state index in [1.165, 1.54) is 23.6 Å². The number of thiazole rings is 1. The van der Waals surface area contributed by atoms with Crippen LogP contribution in [0.25, 0.3) is 16.3 Å². The molecule has 1 N–H and O–H groups in total. The number of nitrogens with zero attached hydrogens (tertiary/aromatic N) is 2. The second kappa shape index (κ2) is 6.93. The van der Waals surface area contributed by atoms with Crippen molar-refractivity contribution in [3.63, 3.8) is 0 Å². The van der Waals surface area contributed by atoms with E-state index in [-0.39, 0.29) is 11.6 Å². The first-order valence-electron chi connectivity index (χ1n) is 7.96. The number of benzene rings is 2. The molecule has 1 amide bonds. The van der Waals surface area contributed by atoms with Crippen LogP contribution < -0.4 is 5.32 Å². The molecule has 0 radical (unpaired) electrons. The Labute approximate surface area is 153 Å². The average Bonchev–Trinajstić information content (AvgIpc) is 3.36. The van der Waals surface area contributed by atoms with Crippen molar-refractivity contribution in [3.8, 4) is 16.3 Å². The molecular weight excluding hydrogens is 349 g/mol. The van der Waals surface area contributed by atoms with Crippen LogP contribution >= 0.6 is 11.3 Å². The lowest BCUT2D eigenvalue weighted by Crippen LogP contribution is -2.11. The first kappa shape index (κ1) is 16.2. The van der Waals surface area contributed by atoms with E-state index in [4.69, 9.17) is 0 Å². The second-order valence-corrected chi connectivity index (χ2v) is 6.63. The van der Waals surface area contributed by atoms with E-state index in [0.717, 1.165) is 16.3 Å². The third-order valence-corrected chi connectivity index (χ3v) is 4.90. The summed E-state index contributed by atoms with van der Waals surface area (Å²) in [4.78, 5) is 17.2. The summed E-state index contributed by atoms with van der Waals surface area (Å²) in [5.74, 6) is -0.865. The minimum absolute atomic E-state index is 0.135. The molecule has 0 bridgehead atoms. The molecule has 0 spiro atoms. The number of carbonyl (C=O) groups is 1. The fourth-order valence-electron chi connectivity index (χ4n) is 2.55. The summed E-state index contributed by atoms with van der Waals surface area (Å²) in [5.41, 5.74) is 1.84. The average molecular weight is 363 g/mol. The van der Waals surface area contributed by atoms with Crippen molar-refractivity contribution in [2.45, 2.75) is 0 Å². The van der Waals surface area contributed by atoms with Crippen LogP contribution in [0.2, 0.25) is 0 Å². The van der Waals surface area contributed by atoms with E-state index < -0.39 is 5.82 Å². The Kier molecular flexibility index (Phi) is 4.33. The standard InChI is InChI=1S/C20H14FN3OS/c21-16-9-8-15(24-10-4-5-11-24)12-17(16)23-19(25)18-13-22-20(26-18)14-6-2-1-3-7-14/h1-13H,(H,23,25). The first-order chi connectivity index (χ1) is 12.7. The van der Waals surface area contributed by atoms with E-state index in [2.05, 4.69) is 10.3 Å². The minimum atomic E-state index is -0.484. The topological polar surface area (TPSA) is 46.9 Å². The van der Waals surface area contributed by atoms with Crippen molar-refractivity contribution in [1.82, 2.24) is 9.55 Å². The smallest absolute Gasteiger partial charge is 0.267 e. The Morgan fingerprint density at radius 3 is 2.58 bits per heavy atom. The van der Waals surface area contributed by atoms with Crippen molar-refractivity contribution in [2.24, 2.45) is 0 Å². The lowest BCUT2D eigenvalue weighted by molar-refractivity contribution is 0.103. The number of anilines is 1. The third-order valence-electron chi connectivity index (χ3n) is 3.85. The molecule has 2 aromatic heterocycles. The summed E-state index contributed by atoms with van der Waals surface area (Å²) in [6, 6.07) is 18.0. The maximum absolute atomic E-state index is 14.1. The number of halogens is 1. The van der Waals surface area contributed by atoms with Gasteiger partial charge in [0.1, 0.15) is 15.7 Å². The van der Waals surface area contributed by atoms with Crippen LogP contribution in [0.5, 0.6) is 0 Å². The maximum atomic E-state index is 14.1. The number of rotatable bonds is 4. The molecule has 2 aromatic carbocycles. The summed E-state index contributed by atoms with van der Waals surface area (Å²) in [7, 11) is 0. The molecule has 4 rings (SSSR count). The Bertz CT molecular complexity index is 1040. The Balaban J connectivity index is 1.57. The normalized spacial score (nSPS) is 10.7. The molecule has 26 heavy (non-hydrogen) atoms. The first-order valence-corrected chi connectivity index (χ1v) is 8.78. The summed E-state index contributed by atoms with van der Waals surface area (Å²) >= 11 is 1.27. The fraction of sp³-hybridized carbons (Fsp3) is 0. The molecule has 6 heteroatoms. The third kappa shape index (κ3) is 3.27. The van der Waals surface area contributed by atoms with Crippen molar-refractivity contribution >= 4 is 22.9 Å². The zero-order chi connectivity index (χ0) is 17.9. The van der Waals surface area contributed by atoms with Gasteiger partial charge in [-0.25, -0.2) is 9.37 Å². The predicted molar refractivity (Wildman–Crippen MR) is 101 cm³/mol. The van der Waals surface area contributed by atoms with E-state index in [1.807, 2.05) is 59.4 Å². The van der Waals surface area contributed by atoms with E-state index >= 15 is 0 Å². The van der Waals surface area contributed by atoms with Crippen molar-refractivity contribution in [3.05, 3.63) is 89.9 Å². The number of aromatic nitrogens is 2. The van der Waals surface area contributed by atoms with Crippen LogP contribution in [-0.4, -0.2) is 15.5 Å². The van der Waals surface area contributed by atoms with Gasteiger partial charge in [0.2, 0.25) is 0 Å². The van der Waals surface area contributed by atoms with E-state index in [9.17, 15) is 9.18 Å². The quantitative estimate of drug-likeness (QED) is 0.555. The molecule has 0 aliphatic rings. The summed E-state index contributed by atoms with van der Waals surface area (Å²) in [5, 5.41) is 3.38. The van der Waals surface area contributed by atoms with Gasteiger partial charge in [0.15, 0.2) is 0 Å². The minimum Gasteiger partial charge on any atom is -0.324 e. The molecule has 4 aromatic rings. The van der Waals surface area contributed by atoms with Crippen molar-refractivity contribution < 1.29 is 9.18 Å². The van der Waals surface area contributed by atoms with Gasteiger partial charge in [-0.1, -0.05) is 30.3 Å². The van der Waals surface area contributed by atoms with Crippen LogP contribution in [0.1, 0.15) is 9.67 Å². The van der Waals surface area contributed by atoms with E-state index in [0.29, 0.717) is 4.88 Å². The highest BCUT2D eigenvalue weighted by Gasteiger charge is 2.14. The molecule has 0 unspecified atom stereocenters. The zero-order valence-electron chi connectivity index (χ0n) is 13.6. The molecule has 2 heterocycles. The van der Waals surface area contributed by atoms with E-state index in [1.54, 1.807) is 12.1 Å². The highest BCUT2D eigenvalue weighted by Crippen LogP contribution is 2.26. The van der Waals surface area contributed by atoms with Gasteiger partial charge < -0.3 is 9.88 Å². The monoisotopic (exact) mass is 363 g/mol. The predicted octanol–water partition coefficient (Wildman–Crippen LogP) is 4.99. The van der Waals surface area contributed by atoms with Gasteiger partial charge in [-0.3, -0.25) is 4.79 Å². The van der Waals surface area contributed by atoms with Gasteiger partial charge in [0, 0.05) is 23.6 Å². The van der Waals surface area contributed by atoms with Crippen LogP contribution in [0, 0.1) is 5.82 Å². The number of nitrogens with one attached hydrogen (secondary N) is 1. The largest absolute Gasteiger partial charge is 0.324 e. The summed E-state index contributed by atoms with van der Waals surface area (Å²) in [6.45, 7) is 0. The number of carbonyl (C=O) groups excluding carboxylic acids is 1. The highest BCUT2D eigenvalue weighted by molar-refractivity contribution is 7.17. The van der Waals surface area contributed by atoms with Crippen LogP contribution in [0.3, 0.4) is 0 Å². The Hall–Kier alpha value is -3.25. The zero-order valence-corrected chi connectivity index (χ0v) is 14.4. The van der Waals surface area contributed by atoms with Crippen LogP contribution in [0.15, 0.2) is 79.3 Å². The molecule has 0 saturated carbocycles. The molecular formula is C20H14FN3OS. The number of hydrogen-bond donors (Lipinski definition) is 1. The number of hydrogen-bond acceptors (Lipinski definition) is 3. The van der Waals surface area contributed by atoms with Gasteiger partial charge in [0.25, 0.3) is 5.91 Å². The lowest BCUT2D eigenvalue weighted by Gasteiger charge is -2.08. The van der Waals surface area contributed by atoms with Gasteiger partial charge in [-0.2, -0.15) is 0 Å². The molecule has 0 aliphatic carbocycles. The van der Waals surface area contributed by atoms with Crippen LogP contribution in [-0.2, 0) is 0 Å². The number of amides is 1. The molecule has 4 nitrogen and oxygen atoms in total. The molecule has 0 fully saturated rings. The van der Waals surface area contributed by atoms with Crippen molar-refractivity contribution in [2.75, 3.05) is 5.32 Å². The molecule has 128 valence electrons. The van der Waals surface area contributed by atoms with Gasteiger partial charge in [-0.15, -0.1) is 11.3 Å². The molecule has 0 aliphatic heterocycles. The molecule has 0 saturated heterocycles. The highest BCUT2D eigenvalue weighted by atomic mass is 32.1. The van der Waals surface area contributed by atoms with Crippen LogP contribution in [0.4, 0.5) is 10.1 Å². The van der Waals surface area contributed by atoms with Gasteiger partial charge in [-0.05, 0) is 30.3 Å². The van der Waals surface area contributed by atoms with Crippen molar-refractivity contribution in [1.29, 1.82) is 0 Å². The Morgan fingerprint density at radius 1 is 1.04 bits per heavy atom. The lowest BCUT2D eigenvalue weighted by atomic mass is 10.2. The van der Waals surface area contributed by atoms with Gasteiger partial charge >= 0.3 is 0 Å². The molecule has 0 atom stereocenters. The second-order valence-electron chi connectivity index (χ2n) is 5.60.